The Morgan fingerprint density at radius 2 is 0.892 bits per heavy atom. The lowest BCUT2D eigenvalue weighted by atomic mass is 10.2. The second-order valence-corrected chi connectivity index (χ2v) is 9.77. The molecule has 4 rings (SSSR count). The van der Waals surface area contributed by atoms with Crippen LogP contribution in [0.15, 0.2) is 48.5 Å². The molecule has 2 aliphatic heterocycles. The minimum Gasteiger partial charge on any atom is -0.759 e. The summed E-state index contributed by atoms with van der Waals surface area (Å²) in [6, 6.07) is 15.7. The van der Waals surface area contributed by atoms with Gasteiger partial charge in [0, 0.05) is 84.2 Å². The summed E-state index contributed by atoms with van der Waals surface area (Å²) in [5.41, 5.74) is 13.2. The lowest BCUT2D eigenvalue weighted by molar-refractivity contribution is 0.352. The van der Waals surface area contributed by atoms with Gasteiger partial charge in [0.25, 0.3) is 0 Å². The molecule has 2 fully saturated rings. The first kappa shape index (κ1) is 30.3. The monoisotopic (exact) mass is 572 g/mol. The molecule has 0 spiro atoms. The summed E-state index contributed by atoms with van der Waals surface area (Å²) in [6.45, 7) is 6.77. The number of halogens is 2. The number of rotatable bonds is 2. The maximum Gasteiger partial charge on any atom is 0.188 e. The molecule has 37 heavy (non-hydrogen) atoms. The standard InChI is InChI=1S/2C11H15ClN4.H2O4S/c2*12-9-1-3-10(4-2-9)15-5-7-16(8-6-15)11(13)14;1-5(2,3)4/h2*1-4H,5-8H2,(H3,13,14);(H2,1,2,3,4)/p-2. The first-order valence-corrected chi connectivity index (χ1v) is 13.3. The van der Waals surface area contributed by atoms with Gasteiger partial charge in [-0.2, -0.15) is 0 Å². The fourth-order valence-electron chi connectivity index (χ4n) is 3.71. The van der Waals surface area contributed by atoms with Crippen molar-refractivity contribution in [3.05, 3.63) is 58.6 Å². The molecule has 0 bridgehead atoms. The van der Waals surface area contributed by atoms with Gasteiger partial charge in [-0.05, 0) is 48.5 Å². The van der Waals surface area contributed by atoms with Crippen LogP contribution in [0.3, 0.4) is 0 Å². The minimum atomic E-state index is -5.17. The predicted octanol–water partition coefficient (Wildman–Crippen LogP) is 1.37. The molecular formula is C22H30Cl2N8O4S-2. The van der Waals surface area contributed by atoms with Gasteiger partial charge in [-0.25, -0.2) is 0 Å². The van der Waals surface area contributed by atoms with Gasteiger partial charge in [0.05, 0.1) is 0 Å². The summed E-state index contributed by atoms with van der Waals surface area (Å²) in [5.74, 6) is 0.325. The van der Waals surface area contributed by atoms with Crippen molar-refractivity contribution in [2.45, 2.75) is 0 Å². The zero-order valence-corrected chi connectivity index (χ0v) is 22.3. The molecule has 0 unspecified atom stereocenters. The highest BCUT2D eigenvalue weighted by Gasteiger charge is 2.18. The molecule has 2 aromatic rings. The van der Waals surface area contributed by atoms with Crippen molar-refractivity contribution in [1.82, 2.24) is 9.80 Å². The van der Waals surface area contributed by atoms with Crippen LogP contribution in [0.5, 0.6) is 0 Å². The summed E-state index contributed by atoms with van der Waals surface area (Å²) < 4.78 is 34.1. The second kappa shape index (κ2) is 14.1. The number of hydrogen-bond donors (Lipinski definition) is 4. The molecule has 204 valence electrons. The first-order valence-electron chi connectivity index (χ1n) is 11.2. The zero-order valence-electron chi connectivity index (χ0n) is 20.0. The van der Waals surface area contributed by atoms with E-state index in [4.69, 9.17) is 63.0 Å². The van der Waals surface area contributed by atoms with E-state index in [1.54, 1.807) is 0 Å². The van der Waals surface area contributed by atoms with Gasteiger partial charge in [0.2, 0.25) is 0 Å². The number of piperazine rings is 2. The van der Waals surface area contributed by atoms with Crippen LogP contribution in [0, 0.1) is 10.8 Å². The minimum absolute atomic E-state index is 0.163. The predicted molar refractivity (Wildman–Crippen MR) is 145 cm³/mol. The number of benzene rings is 2. The lowest BCUT2D eigenvalue weighted by Gasteiger charge is -2.36. The van der Waals surface area contributed by atoms with Crippen LogP contribution in [0.2, 0.25) is 10.0 Å². The maximum absolute atomic E-state index is 8.52. The third-order valence-electron chi connectivity index (χ3n) is 5.62. The Hall–Kier alpha value is -2.97. The number of hydrogen-bond acceptors (Lipinski definition) is 8. The Labute approximate surface area is 226 Å². The number of anilines is 2. The highest BCUT2D eigenvalue weighted by molar-refractivity contribution is 7.79. The van der Waals surface area contributed by atoms with Gasteiger partial charge < -0.3 is 40.2 Å². The van der Waals surface area contributed by atoms with E-state index in [1.165, 1.54) is 11.4 Å². The van der Waals surface area contributed by atoms with Gasteiger partial charge in [-0.3, -0.25) is 19.2 Å². The van der Waals surface area contributed by atoms with E-state index in [-0.39, 0.29) is 11.9 Å². The van der Waals surface area contributed by atoms with Crippen molar-refractivity contribution < 1.29 is 17.5 Å². The molecule has 2 saturated heterocycles. The molecule has 2 aromatic carbocycles. The number of nitrogens with two attached hydrogens (primary N) is 2. The van der Waals surface area contributed by atoms with Crippen molar-refractivity contribution in [1.29, 1.82) is 10.8 Å². The Kier molecular flexibility index (Phi) is 11.5. The van der Waals surface area contributed by atoms with Crippen LogP contribution in [-0.2, 0) is 10.4 Å². The lowest BCUT2D eigenvalue weighted by Crippen LogP contribution is -2.50. The molecule has 2 aliphatic rings. The topological polar surface area (TPSA) is 193 Å². The van der Waals surface area contributed by atoms with E-state index in [2.05, 4.69) is 9.80 Å². The maximum atomic E-state index is 8.52. The Balaban J connectivity index is 0.000000221. The number of nitrogens with zero attached hydrogens (tertiary/aromatic N) is 4. The quantitative estimate of drug-likeness (QED) is 0.176. The Morgan fingerprint density at radius 3 is 1.11 bits per heavy atom. The van der Waals surface area contributed by atoms with Gasteiger partial charge in [0.15, 0.2) is 11.9 Å². The van der Waals surface area contributed by atoms with Crippen LogP contribution >= 0.6 is 23.2 Å². The average molecular weight is 574 g/mol. The summed E-state index contributed by atoms with van der Waals surface area (Å²) in [6.07, 6.45) is 0. The van der Waals surface area contributed by atoms with Crippen molar-refractivity contribution in [3.63, 3.8) is 0 Å². The van der Waals surface area contributed by atoms with Crippen LogP contribution in [0.4, 0.5) is 11.4 Å². The van der Waals surface area contributed by atoms with Crippen molar-refractivity contribution in [3.8, 4) is 0 Å². The summed E-state index contributed by atoms with van der Waals surface area (Å²) >= 11 is 11.7. The van der Waals surface area contributed by atoms with Crippen LogP contribution in [0.25, 0.3) is 0 Å². The molecule has 2 heterocycles. The molecule has 6 N–H and O–H groups in total. The fourth-order valence-corrected chi connectivity index (χ4v) is 3.97. The summed E-state index contributed by atoms with van der Waals surface area (Å²) in [4.78, 5) is 8.31. The summed E-state index contributed by atoms with van der Waals surface area (Å²) in [5, 5.41) is 16.2. The first-order chi connectivity index (χ1) is 17.3. The molecule has 0 saturated carbocycles. The Morgan fingerprint density at radius 1 is 0.649 bits per heavy atom. The van der Waals surface area contributed by atoms with Crippen LogP contribution in [-0.4, -0.2) is 91.6 Å². The summed E-state index contributed by atoms with van der Waals surface area (Å²) in [7, 11) is -5.17. The van der Waals surface area contributed by atoms with E-state index in [0.29, 0.717) is 0 Å². The highest BCUT2D eigenvalue weighted by atomic mass is 35.5. The Bertz CT molecular complexity index is 1040. The fraction of sp³-hybridized carbons (Fsp3) is 0.364. The smallest absolute Gasteiger partial charge is 0.188 e. The van der Waals surface area contributed by atoms with E-state index in [0.717, 1.165) is 62.4 Å². The molecule has 0 aliphatic carbocycles. The van der Waals surface area contributed by atoms with E-state index in [9.17, 15) is 0 Å². The van der Waals surface area contributed by atoms with Crippen molar-refractivity contribution in [2.24, 2.45) is 11.5 Å². The largest absolute Gasteiger partial charge is 0.759 e. The van der Waals surface area contributed by atoms with Gasteiger partial charge in [-0.15, -0.1) is 0 Å². The molecule has 15 heteroatoms. The molecule has 12 nitrogen and oxygen atoms in total. The molecule has 0 amide bonds. The van der Waals surface area contributed by atoms with Gasteiger partial charge in [0.1, 0.15) is 0 Å². The van der Waals surface area contributed by atoms with E-state index >= 15 is 0 Å². The number of nitrogens with one attached hydrogen (secondary N) is 2. The van der Waals surface area contributed by atoms with Crippen LogP contribution < -0.4 is 21.3 Å². The van der Waals surface area contributed by atoms with E-state index in [1.807, 2.05) is 58.3 Å². The average Bonchev–Trinajstić information content (AvgIpc) is 2.84. The SMILES string of the molecule is N=C(N)N1CCN(c2ccc(Cl)cc2)CC1.N=C(N)N1CCN(c2ccc(Cl)cc2)CC1.O=S(=O)([O-])[O-]. The molecule has 0 atom stereocenters. The van der Waals surface area contributed by atoms with Crippen molar-refractivity contribution >= 4 is 56.9 Å². The third-order valence-corrected chi connectivity index (χ3v) is 6.13. The number of guanidine groups is 2. The van der Waals surface area contributed by atoms with Gasteiger partial charge >= 0.3 is 0 Å². The third kappa shape index (κ3) is 11.3. The van der Waals surface area contributed by atoms with E-state index < -0.39 is 10.4 Å². The highest BCUT2D eigenvalue weighted by Crippen LogP contribution is 2.20. The molecular weight excluding hydrogens is 543 g/mol. The second-order valence-electron chi connectivity index (χ2n) is 8.08. The molecule has 0 radical (unpaired) electrons. The van der Waals surface area contributed by atoms with Gasteiger partial charge in [-0.1, -0.05) is 23.2 Å². The zero-order chi connectivity index (χ0) is 27.6. The molecule has 0 aromatic heterocycles. The normalized spacial score (nSPS) is 15.7. The van der Waals surface area contributed by atoms with Crippen LogP contribution in [0.1, 0.15) is 0 Å². The van der Waals surface area contributed by atoms with Crippen molar-refractivity contribution in [2.75, 3.05) is 62.2 Å².